The van der Waals surface area contributed by atoms with Gasteiger partial charge in [-0.3, -0.25) is 14.8 Å². The summed E-state index contributed by atoms with van der Waals surface area (Å²) in [6.07, 6.45) is -4.25. The molecule has 0 spiro atoms. The average molecular weight is 385 g/mol. The van der Waals surface area contributed by atoms with Gasteiger partial charge in [-0.05, 0) is 12.5 Å². The number of amides is 3. The van der Waals surface area contributed by atoms with E-state index in [9.17, 15) is 22.8 Å². The standard InChI is InChI=1S/C14H14F3N7O3/c15-14(16,17)27-7-1-2-23(5-7)10-3-9(22-24-11(10)19-6-20-24)8-4-18-13(26)21-12(8)25/h3,6-8H,1-2,4-5H2,(H2,18,21,25,26)/t7-,8?/m1/s1. The van der Waals surface area contributed by atoms with Gasteiger partial charge in [-0.2, -0.15) is 5.10 Å². The second-order valence-electron chi connectivity index (χ2n) is 6.20. The molecule has 2 aromatic rings. The number of nitrogens with zero attached hydrogens (tertiary/aromatic N) is 5. The van der Waals surface area contributed by atoms with E-state index in [2.05, 4.69) is 30.6 Å². The number of hydrogen-bond donors (Lipinski definition) is 2. The number of hydrogen-bond acceptors (Lipinski definition) is 7. The summed E-state index contributed by atoms with van der Waals surface area (Å²) in [5.74, 6) is -1.27. The number of nitrogens with one attached hydrogen (secondary N) is 2. The highest BCUT2D eigenvalue weighted by molar-refractivity contribution is 6.00. The van der Waals surface area contributed by atoms with Gasteiger partial charge < -0.3 is 10.2 Å². The van der Waals surface area contributed by atoms with E-state index in [1.54, 1.807) is 11.0 Å². The van der Waals surface area contributed by atoms with Crippen LogP contribution in [-0.4, -0.2) is 63.9 Å². The molecule has 4 rings (SSSR count). The van der Waals surface area contributed by atoms with E-state index in [0.717, 1.165) is 0 Å². The molecule has 0 saturated carbocycles. The number of fused-ring (bicyclic) bond motifs is 1. The van der Waals surface area contributed by atoms with Crippen molar-refractivity contribution in [3.8, 4) is 0 Å². The predicted octanol–water partition coefficient (Wildman–Crippen LogP) is 0.162. The first-order valence-electron chi connectivity index (χ1n) is 8.09. The topological polar surface area (TPSA) is 114 Å². The largest absolute Gasteiger partial charge is 0.522 e. The highest BCUT2D eigenvalue weighted by Gasteiger charge is 2.38. The van der Waals surface area contributed by atoms with Crippen LogP contribution in [0.5, 0.6) is 0 Å². The number of alkyl halides is 3. The summed E-state index contributed by atoms with van der Waals surface area (Å²) in [6, 6.07) is 0.992. The number of carbonyl (C=O) groups excluding carboxylic acids is 2. The fourth-order valence-corrected chi connectivity index (χ4v) is 3.23. The van der Waals surface area contributed by atoms with Crippen molar-refractivity contribution in [3.05, 3.63) is 18.1 Å². The summed E-state index contributed by atoms with van der Waals surface area (Å²) in [4.78, 5) is 29.1. The Labute approximate surface area is 149 Å². The van der Waals surface area contributed by atoms with Crippen LogP contribution in [0, 0.1) is 0 Å². The van der Waals surface area contributed by atoms with Gasteiger partial charge in [0, 0.05) is 19.6 Å². The molecule has 2 aliphatic rings. The van der Waals surface area contributed by atoms with Crippen molar-refractivity contribution in [2.24, 2.45) is 0 Å². The van der Waals surface area contributed by atoms with Gasteiger partial charge in [-0.25, -0.2) is 9.78 Å². The van der Waals surface area contributed by atoms with Gasteiger partial charge >= 0.3 is 12.4 Å². The third-order valence-electron chi connectivity index (χ3n) is 4.42. The van der Waals surface area contributed by atoms with Crippen molar-refractivity contribution in [3.63, 3.8) is 0 Å². The van der Waals surface area contributed by atoms with Crippen LogP contribution in [0.1, 0.15) is 18.0 Å². The molecular formula is C14H14F3N7O3. The van der Waals surface area contributed by atoms with Gasteiger partial charge in [0.2, 0.25) is 5.91 Å². The minimum absolute atomic E-state index is 0.0130. The Balaban J connectivity index is 1.64. The lowest BCUT2D eigenvalue weighted by Gasteiger charge is -2.24. The Bertz CT molecular complexity index is 900. The molecule has 3 amide bonds. The molecule has 0 aliphatic carbocycles. The SMILES string of the molecule is O=C1NCC(c2cc(N3CC[C@@H](OC(F)(F)F)C3)c3ncnn3n2)C(=O)N1. The minimum Gasteiger partial charge on any atom is -0.366 e. The van der Waals surface area contributed by atoms with Crippen LogP contribution in [0.2, 0.25) is 0 Å². The fraction of sp³-hybridized carbons (Fsp3) is 0.500. The Morgan fingerprint density at radius 3 is 2.85 bits per heavy atom. The molecule has 0 bridgehead atoms. The molecule has 2 fully saturated rings. The summed E-state index contributed by atoms with van der Waals surface area (Å²) < 4.78 is 42.7. The van der Waals surface area contributed by atoms with Crippen molar-refractivity contribution in [2.75, 3.05) is 24.5 Å². The number of carbonyl (C=O) groups is 2. The van der Waals surface area contributed by atoms with Crippen LogP contribution in [0.25, 0.3) is 5.65 Å². The smallest absolute Gasteiger partial charge is 0.366 e. The third-order valence-corrected chi connectivity index (χ3v) is 4.42. The molecule has 0 radical (unpaired) electrons. The van der Waals surface area contributed by atoms with E-state index in [4.69, 9.17) is 0 Å². The maximum absolute atomic E-state index is 12.5. The van der Waals surface area contributed by atoms with Gasteiger partial charge in [0.1, 0.15) is 6.33 Å². The van der Waals surface area contributed by atoms with E-state index in [0.29, 0.717) is 23.6 Å². The maximum atomic E-state index is 12.5. The Hall–Kier alpha value is -2.96. The molecule has 2 aliphatic heterocycles. The minimum atomic E-state index is -4.70. The lowest BCUT2D eigenvalue weighted by atomic mass is 10.0. The van der Waals surface area contributed by atoms with Gasteiger partial charge in [0.25, 0.3) is 0 Å². The van der Waals surface area contributed by atoms with Crippen LogP contribution < -0.4 is 15.5 Å². The Morgan fingerprint density at radius 1 is 1.30 bits per heavy atom. The molecule has 13 heteroatoms. The summed E-state index contributed by atoms with van der Waals surface area (Å²) in [5, 5.41) is 12.9. The lowest BCUT2D eigenvalue weighted by molar-refractivity contribution is -0.339. The van der Waals surface area contributed by atoms with Crippen LogP contribution >= 0.6 is 0 Å². The maximum Gasteiger partial charge on any atom is 0.522 e. The average Bonchev–Trinajstić information content (AvgIpc) is 3.21. The molecule has 2 N–H and O–H groups in total. The number of imide groups is 1. The second kappa shape index (κ2) is 6.33. The normalized spacial score (nSPS) is 23.6. The fourth-order valence-electron chi connectivity index (χ4n) is 3.23. The lowest BCUT2D eigenvalue weighted by Crippen LogP contribution is -2.51. The second-order valence-corrected chi connectivity index (χ2v) is 6.20. The molecule has 144 valence electrons. The van der Waals surface area contributed by atoms with Crippen LogP contribution in [-0.2, 0) is 9.53 Å². The quantitative estimate of drug-likeness (QED) is 0.774. The molecule has 27 heavy (non-hydrogen) atoms. The first-order chi connectivity index (χ1) is 12.8. The van der Waals surface area contributed by atoms with Gasteiger partial charge in [0.15, 0.2) is 5.65 Å². The molecule has 1 unspecified atom stereocenters. The van der Waals surface area contributed by atoms with Crippen molar-refractivity contribution >= 4 is 23.3 Å². The molecule has 2 aromatic heterocycles. The number of ether oxygens (including phenoxy) is 1. The van der Waals surface area contributed by atoms with Crippen LogP contribution in [0.3, 0.4) is 0 Å². The van der Waals surface area contributed by atoms with Gasteiger partial charge in [-0.1, -0.05) is 0 Å². The van der Waals surface area contributed by atoms with Crippen LogP contribution in [0.15, 0.2) is 12.4 Å². The Kier molecular flexibility index (Phi) is 4.09. The van der Waals surface area contributed by atoms with E-state index >= 15 is 0 Å². The summed E-state index contributed by atoms with van der Waals surface area (Å²) in [7, 11) is 0. The predicted molar refractivity (Wildman–Crippen MR) is 82.8 cm³/mol. The van der Waals surface area contributed by atoms with Crippen molar-refractivity contribution in [1.29, 1.82) is 0 Å². The van der Waals surface area contributed by atoms with Gasteiger partial charge in [0.05, 0.1) is 23.4 Å². The molecule has 10 nitrogen and oxygen atoms in total. The van der Waals surface area contributed by atoms with Crippen molar-refractivity contribution in [2.45, 2.75) is 24.8 Å². The van der Waals surface area contributed by atoms with Crippen LogP contribution in [0.4, 0.5) is 23.7 Å². The highest BCUT2D eigenvalue weighted by atomic mass is 19.4. The van der Waals surface area contributed by atoms with Crippen molar-refractivity contribution < 1.29 is 27.5 Å². The molecule has 2 atom stereocenters. The van der Waals surface area contributed by atoms with E-state index in [-0.39, 0.29) is 19.5 Å². The number of anilines is 1. The summed E-state index contributed by atoms with van der Waals surface area (Å²) in [5.41, 5.74) is 1.17. The summed E-state index contributed by atoms with van der Waals surface area (Å²) >= 11 is 0. The molecule has 0 aromatic carbocycles. The highest BCUT2D eigenvalue weighted by Crippen LogP contribution is 2.30. The zero-order chi connectivity index (χ0) is 19.2. The van der Waals surface area contributed by atoms with Crippen molar-refractivity contribution in [1.82, 2.24) is 30.4 Å². The zero-order valence-corrected chi connectivity index (χ0v) is 13.7. The zero-order valence-electron chi connectivity index (χ0n) is 13.7. The first kappa shape index (κ1) is 17.5. The Morgan fingerprint density at radius 2 is 2.11 bits per heavy atom. The number of urea groups is 1. The number of halogens is 3. The molecule has 4 heterocycles. The van der Waals surface area contributed by atoms with Gasteiger partial charge in [-0.15, -0.1) is 22.9 Å². The molecular weight excluding hydrogens is 371 g/mol. The van der Waals surface area contributed by atoms with E-state index < -0.39 is 30.3 Å². The number of rotatable bonds is 3. The summed E-state index contributed by atoms with van der Waals surface area (Å²) in [6.45, 7) is 0.385. The molecule has 2 saturated heterocycles. The monoisotopic (exact) mass is 385 g/mol. The first-order valence-corrected chi connectivity index (χ1v) is 8.09. The third kappa shape index (κ3) is 3.49. The number of aromatic nitrogens is 4. The van der Waals surface area contributed by atoms with E-state index in [1.807, 2.05) is 0 Å². The van der Waals surface area contributed by atoms with E-state index in [1.165, 1.54) is 11.0 Å².